The van der Waals surface area contributed by atoms with Gasteiger partial charge < -0.3 is 0 Å². The maximum absolute atomic E-state index is 5.95. The second-order valence-corrected chi connectivity index (χ2v) is 12.7. The standard InChI is InChI=1S/C20H22GeN2/c1-7-21(8-2,17-9-13-19(14-10-17)22(3)4)18-11-15-20(16-12-18)23(5)6/h1-2,9-16H,3-6H3. The summed E-state index contributed by atoms with van der Waals surface area (Å²) in [4.78, 5) is 4.13. The molecule has 0 aromatic heterocycles. The molecule has 23 heavy (non-hydrogen) atoms. The molecule has 0 radical (unpaired) electrons. The quantitative estimate of drug-likeness (QED) is 0.603. The molecular weight excluding hydrogens is 341 g/mol. The van der Waals surface area contributed by atoms with Crippen molar-refractivity contribution in [1.29, 1.82) is 0 Å². The molecule has 116 valence electrons. The van der Waals surface area contributed by atoms with Crippen molar-refractivity contribution in [3.63, 3.8) is 0 Å². The summed E-state index contributed by atoms with van der Waals surface area (Å²) < 4.78 is 8.29. The molecule has 2 aromatic rings. The summed E-state index contributed by atoms with van der Waals surface area (Å²) >= 11 is -3.20. The molecule has 0 bridgehead atoms. The van der Waals surface area contributed by atoms with Gasteiger partial charge in [-0.05, 0) is 0 Å². The molecule has 0 saturated carbocycles. The molecular formula is C20H22GeN2. The van der Waals surface area contributed by atoms with Gasteiger partial charge in [-0.3, -0.25) is 0 Å². The summed E-state index contributed by atoms with van der Waals surface area (Å²) in [6.07, 6.45) is 11.9. The molecule has 0 unspecified atom stereocenters. The van der Waals surface area contributed by atoms with E-state index in [0.717, 1.165) is 20.2 Å². The van der Waals surface area contributed by atoms with Gasteiger partial charge >= 0.3 is 142 Å². The predicted molar refractivity (Wildman–Crippen MR) is 104 cm³/mol. The van der Waals surface area contributed by atoms with Crippen LogP contribution >= 0.6 is 0 Å². The number of terminal acetylenes is 2. The minimum absolute atomic E-state index is 1.12. The van der Waals surface area contributed by atoms with Gasteiger partial charge in [-0.1, -0.05) is 0 Å². The Morgan fingerprint density at radius 1 is 0.652 bits per heavy atom. The number of hydrogen-bond acceptors (Lipinski definition) is 2. The summed E-state index contributed by atoms with van der Waals surface area (Å²) in [5.41, 5.74) is 2.28. The van der Waals surface area contributed by atoms with E-state index < -0.39 is 13.3 Å². The topological polar surface area (TPSA) is 6.48 Å². The molecule has 2 nitrogen and oxygen atoms in total. The van der Waals surface area contributed by atoms with E-state index in [0.29, 0.717) is 0 Å². The molecule has 0 amide bonds. The van der Waals surface area contributed by atoms with E-state index >= 15 is 0 Å². The van der Waals surface area contributed by atoms with Crippen molar-refractivity contribution in [2.75, 3.05) is 38.0 Å². The number of rotatable bonds is 4. The van der Waals surface area contributed by atoms with Gasteiger partial charge in [0, 0.05) is 0 Å². The Kier molecular flexibility index (Phi) is 5.09. The van der Waals surface area contributed by atoms with Gasteiger partial charge in [-0.25, -0.2) is 0 Å². The molecule has 2 rings (SSSR count). The van der Waals surface area contributed by atoms with Crippen molar-refractivity contribution in [3.8, 4) is 22.4 Å². The van der Waals surface area contributed by atoms with Crippen LogP contribution in [0.5, 0.6) is 0 Å². The predicted octanol–water partition coefficient (Wildman–Crippen LogP) is 1.73. The number of hydrogen-bond donors (Lipinski definition) is 0. The number of nitrogens with zero attached hydrogens (tertiary/aromatic N) is 2. The van der Waals surface area contributed by atoms with E-state index in [1.807, 2.05) is 28.2 Å². The molecule has 0 spiro atoms. The third-order valence-corrected chi connectivity index (χ3v) is 10.9. The molecule has 0 N–H and O–H groups in total. The second-order valence-electron chi connectivity index (χ2n) is 5.92. The van der Waals surface area contributed by atoms with E-state index in [-0.39, 0.29) is 0 Å². The van der Waals surface area contributed by atoms with Crippen LogP contribution in [0.2, 0.25) is 0 Å². The number of benzene rings is 2. The van der Waals surface area contributed by atoms with Crippen LogP contribution in [-0.4, -0.2) is 41.5 Å². The van der Waals surface area contributed by atoms with Gasteiger partial charge in [0.25, 0.3) is 0 Å². The SMILES string of the molecule is C#[C][Ge]([C]#C)([c]1ccc(N(C)C)cc1)[c]1ccc(N(C)C)cc1. The minimum atomic E-state index is -3.20. The Morgan fingerprint density at radius 2 is 0.957 bits per heavy atom. The third-order valence-electron chi connectivity index (χ3n) is 4.07. The Morgan fingerprint density at radius 3 is 1.17 bits per heavy atom. The first-order chi connectivity index (χ1) is 10.9. The van der Waals surface area contributed by atoms with Crippen molar-refractivity contribution < 1.29 is 0 Å². The first kappa shape index (κ1) is 17.1. The van der Waals surface area contributed by atoms with Gasteiger partial charge in [-0.15, -0.1) is 0 Å². The molecule has 0 aliphatic rings. The van der Waals surface area contributed by atoms with Crippen LogP contribution in [0, 0.1) is 22.4 Å². The van der Waals surface area contributed by atoms with Crippen molar-refractivity contribution in [3.05, 3.63) is 48.5 Å². The summed E-state index contributed by atoms with van der Waals surface area (Å²) in [5, 5.41) is 0. The van der Waals surface area contributed by atoms with Crippen molar-refractivity contribution in [1.82, 2.24) is 0 Å². The fourth-order valence-corrected chi connectivity index (χ4v) is 7.63. The van der Waals surface area contributed by atoms with E-state index in [2.05, 4.69) is 67.8 Å². The van der Waals surface area contributed by atoms with Gasteiger partial charge in [0.2, 0.25) is 0 Å². The average Bonchev–Trinajstić information content (AvgIpc) is 2.57. The van der Waals surface area contributed by atoms with Crippen LogP contribution in [0.25, 0.3) is 0 Å². The van der Waals surface area contributed by atoms with Crippen molar-refractivity contribution in [2.45, 2.75) is 0 Å². The Balaban J connectivity index is 2.51. The number of anilines is 2. The molecule has 0 atom stereocenters. The zero-order valence-electron chi connectivity index (χ0n) is 14.2. The van der Waals surface area contributed by atoms with Crippen LogP contribution in [0.4, 0.5) is 11.4 Å². The van der Waals surface area contributed by atoms with E-state index in [4.69, 9.17) is 12.8 Å². The van der Waals surface area contributed by atoms with Crippen molar-refractivity contribution in [2.24, 2.45) is 0 Å². The van der Waals surface area contributed by atoms with Crippen molar-refractivity contribution >= 4 is 33.4 Å². The molecule has 0 heterocycles. The molecule has 3 heteroatoms. The van der Waals surface area contributed by atoms with E-state index in [1.54, 1.807) is 0 Å². The van der Waals surface area contributed by atoms with Gasteiger partial charge in [-0.2, -0.15) is 0 Å². The van der Waals surface area contributed by atoms with Gasteiger partial charge in [0.15, 0.2) is 0 Å². The Labute approximate surface area is 142 Å². The molecule has 0 aliphatic carbocycles. The molecule has 0 aliphatic heterocycles. The normalized spacial score (nSPS) is 10.5. The fraction of sp³-hybridized carbons (Fsp3) is 0.200. The van der Waals surface area contributed by atoms with Crippen LogP contribution in [-0.2, 0) is 0 Å². The fourth-order valence-electron chi connectivity index (χ4n) is 2.56. The molecule has 0 saturated heterocycles. The Hall–Kier alpha value is -2.30. The first-order valence-corrected chi connectivity index (χ1v) is 11.7. The summed E-state index contributed by atoms with van der Waals surface area (Å²) in [6, 6.07) is 16.7. The third kappa shape index (κ3) is 3.23. The van der Waals surface area contributed by atoms with E-state index in [1.165, 1.54) is 0 Å². The average molecular weight is 363 g/mol. The summed E-state index contributed by atoms with van der Waals surface area (Å²) in [7, 11) is 8.08. The first-order valence-electron chi connectivity index (χ1n) is 7.46. The summed E-state index contributed by atoms with van der Waals surface area (Å²) in [5.74, 6) is 0. The van der Waals surface area contributed by atoms with Gasteiger partial charge in [0.05, 0.1) is 0 Å². The van der Waals surface area contributed by atoms with Crippen LogP contribution in [0.3, 0.4) is 0 Å². The zero-order valence-corrected chi connectivity index (χ0v) is 16.3. The van der Waals surface area contributed by atoms with E-state index in [9.17, 15) is 0 Å². The second kappa shape index (κ2) is 6.86. The monoisotopic (exact) mass is 364 g/mol. The van der Waals surface area contributed by atoms with Gasteiger partial charge in [0.1, 0.15) is 0 Å². The molecule has 0 fully saturated rings. The summed E-state index contributed by atoms with van der Waals surface area (Å²) in [6.45, 7) is 0. The van der Waals surface area contributed by atoms with Crippen LogP contribution in [0.15, 0.2) is 48.5 Å². The molecule has 2 aromatic carbocycles. The van der Waals surface area contributed by atoms with Crippen LogP contribution < -0.4 is 18.6 Å². The Bertz CT molecular complexity index is 677. The zero-order chi connectivity index (χ0) is 17.0. The maximum atomic E-state index is 5.95. The van der Waals surface area contributed by atoms with Crippen LogP contribution in [0.1, 0.15) is 0 Å².